The topological polar surface area (TPSA) is 73.2 Å². The minimum Gasteiger partial charge on any atom is -0.372 e. The van der Waals surface area contributed by atoms with Crippen molar-refractivity contribution >= 4 is 29.0 Å². The van der Waals surface area contributed by atoms with Crippen LogP contribution in [0.15, 0.2) is 58.5 Å². The number of carbonyl (C=O) groups is 1. The lowest BCUT2D eigenvalue weighted by molar-refractivity contribution is -0.763. The van der Waals surface area contributed by atoms with E-state index in [1.807, 2.05) is 42.7 Å². The smallest absolute Gasteiger partial charge is 0.325 e. The molecule has 4 rings (SSSR count). The summed E-state index contributed by atoms with van der Waals surface area (Å²) in [5.41, 5.74) is 3.63. The molecular formula is C23H26N5O2S+. The van der Waals surface area contributed by atoms with Crippen LogP contribution in [0.3, 0.4) is 0 Å². The quantitative estimate of drug-likeness (QED) is 0.491. The number of anilines is 2. The summed E-state index contributed by atoms with van der Waals surface area (Å²) in [5.74, 6) is -0.115. The first-order valence-electron chi connectivity index (χ1n) is 10.3. The third-order valence-corrected chi connectivity index (χ3v) is 6.18. The van der Waals surface area contributed by atoms with Crippen LogP contribution in [0.25, 0.3) is 11.3 Å². The van der Waals surface area contributed by atoms with Crippen LogP contribution in [0, 0.1) is 0 Å². The summed E-state index contributed by atoms with van der Waals surface area (Å²) in [5, 5.41) is 5.19. The number of hydrogen-bond acceptors (Lipinski definition) is 5. The average Bonchev–Trinajstić information content (AvgIpc) is 2.79. The van der Waals surface area contributed by atoms with E-state index in [0.717, 1.165) is 24.3 Å². The van der Waals surface area contributed by atoms with Gasteiger partial charge >= 0.3 is 11.3 Å². The van der Waals surface area contributed by atoms with E-state index in [4.69, 9.17) is 5.10 Å². The lowest BCUT2D eigenvalue weighted by atomic mass is 10.0. The molecule has 0 fully saturated rings. The Morgan fingerprint density at radius 3 is 2.45 bits per heavy atom. The number of amides is 1. The first-order chi connectivity index (χ1) is 15.0. The molecule has 0 bridgehead atoms. The highest BCUT2D eigenvalue weighted by Crippen LogP contribution is 2.37. The van der Waals surface area contributed by atoms with Gasteiger partial charge in [0.25, 0.3) is 6.17 Å². The van der Waals surface area contributed by atoms with Gasteiger partial charge in [-0.15, -0.1) is 0 Å². The average molecular weight is 437 g/mol. The zero-order valence-electron chi connectivity index (χ0n) is 18.1. The van der Waals surface area contributed by atoms with E-state index in [1.54, 1.807) is 16.5 Å². The predicted molar refractivity (Wildman–Crippen MR) is 124 cm³/mol. The Labute approximate surface area is 185 Å². The Morgan fingerprint density at radius 2 is 1.84 bits per heavy atom. The van der Waals surface area contributed by atoms with Crippen molar-refractivity contribution in [2.24, 2.45) is 0 Å². The van der Waals surface area contributed by atoms with E-state index in [-0.39, 0.29) is 11.5 Å². The Hall–Kier alpha value is -3.13. The third-order valence-electron chi connectivity index (χ3n) is 5.61. The largest absolute Gasteiger partial charge is 0.372 e. The maximum absolute atomic E-state index is 13.0. The standard InChI is InChI=1S/C23H25N5O2S/c1-5-26(6-2)17-13-11-16(12-14-17)22-27(15(3)29)19-10-8-7-9-18(19)20-21(30)24-23(31-4)25-28(20)22/h7-14,22H,5-6H2,1-4H3/p+1. The second-order valence-electron chi connectivity index (χ2n) is 7.30. The molecule has 1 aliphatic heterocycles. The predicted octanol–water partition coefficient (Wildman–Crippen LogP) is 3.21. The van der Waals surface area contributed by atoms with Crippen LogP contribution in [0.4, 0.5) is 11.4 Å². The Kier molecular flexibility index (Phi) is 5.82. The van der Waals surface area contributed by atoms with Crippen molar-refractivity contribution in [2.45, 2.75) is 32.1 Å². The summed E-state index contributed by atoms with van der Waals surface area (Å²) in [6, 6.07) is 15.6. The molecule has 2 heterocycles. The van der Waals surface area contributed by atoms with Crippen LogP contribution < -0.4 is 20.0 Å². The normalized spacial score (nSPS) is 14.7. The maximum atomic E-state index is 13.0. The number of H-pyrrole nitrogens is 1. The van der Waals surface area contributed by atoms with Crippen LogP contribution in [-0.2, 0) is 4.79 Å². The molecule has 0 aliphatic carbocycles. The number of aromatic nitrogens is 3. The molecule has 1 N–H and O–H groups in total. The van der Waals surface area contributed by atoms with Crippen LogP contribution >= 0.6 is 11.8 Å². The highest BCUT2D eigenvalue weighted by molar-refractivity contribution is 7.98. The lowest BCUT2D eigenvalue weighted by Gasteiger charge is -2.31. The minimum atomic E-state index is -0.554. The van der Waals surface area contributed by atoms with Gasteiger partial charge in [-0.05, 0) is 61.2 Å². The fraction of sp³-hybridized carbons (Fsp3) is 0.304. The minimum absolute atomic E-state index is 0.115. The molecule has 7 nitrogen and oxygen atoms in total. The van der Waals surface area contributed by atoms with E-state index < -0.39 is 6.17 Å². The molecular weight excluding hydrogens is 410 g/mol. The Morgan fingerprint density at radius 1 is 1.16 bits per heavy atom. The molecule has 0 spiro atoms. The first-order valence-corrected chi connectivity index (χ1v) is 11.6. The number of aromatic amines is 1. The maximum Gasteiger partial charge on any atom is 0.325 e. The number of carbonyl (C=O) groups excluding carboxylic acids is 1. The number of hydrogen-bond donors (Lipinski definition) is 1. The van der Waals surface area contributed by atoms with Crippen LogP contribution in [0.2, 0.25) is 0 Å². The molecule has 1 amide bonds. The van der Waals surface area contributed by atoms with Gasteiger partial charge in [0.1, 0.15) is 0 Å². The van der Waals surface area contributed by atoms with Gasteiger partial charge in [-0.25, -0.2) is 4.90 Å². The van der Waals surface area contributed by atoms with E-state index >= 15 is 0 Å². The van der Waals surface area contributed by atoms with Gasteiger partial charge in [-0.3, -0.25) is 14.6 Å². The number of nitrogens with one attached hydrogen (secondary N) is 1. The second kappa shape index (κ2) is 8.55. The summed E-state index contributed by atoms with van der Waals surface area (Å²) in [7, 11) is 0. The van der Waals surface area contributed by atoms with Crippen molar-refractivity contribution in [2.75, 3.05) is 29.1 Å². The van der Waals surface area contributed by atoms with Gasteiger partial charge in [0, 0.05) is 36.4 Å². The van der Waals surface area contributed by atoms with Gasteiger partial charge in [0.05, 0.1) is 11.3 Å². The van der Waals surface area contributed by atoms with E-state index in [1.165, 1.54) is 11.8 Å². The van der Waals surface area contributed by atoms with Crippen molar-refractivity contribution in [3.8, 4) is 11.3 Å². The van der Waals surface area contributed by atoms with Gasteiger partial charge in [0.2, 0.25) is 11.1 Å². The Bertz CT molecular complexity index is 1170. The lowest BCUT2D eigenvalue weighted by Crippen LogP contribution is -2.60. The number of thioether (sulfide) groups is 1. The SMILES string of the molecule is CCN(CC)c1ccc(C2N(C(C)=O)c3ccccc3-c3c(=O)[nH]c(SC)n[n+]32)cc1. The van der Waals surface area contributed by atoms with Gasteiger partial charge < -0.3 is 4.90 Å². The number of fused-ring (bicyclic) bond motifs is 3. The zero-order valence-corrected chi connectivity index (χ0v) is 18.9. The summed E-state index contributed by atoms with van der Waals surface area (Å²) in [4.78, 5) is 32.7. The van der Waals surface area contributed by atoms with Crippen molar-refractivity contribution in [1.29, 1.82) is 0 Å². The molecule has 8 heteroatoms. The number of nitrogens with zero attached hydrogens (tertiary/aromatic N) is 4. The molecule has 1 unspecified atom stereocenters. The van der Waals surface area contributed by atoms with E-state index in [2.05, 4.69) is 35.9 Å². The summed E-state index contributed by atoms with van der Waals surface area (Å²) >= 11 is 1.36. The molecule has 31 heavy (non-hydrogen) atoms. The fourth-order valence-corrected chi connectivity index (χ4v) is 4.52. The number of rotatable bonds is 5. The molecule has 2 aromatic carbocycles. The van der Waals surface area contributed by atoms with Gasteiger partial charge in [0.15, 0.2) is 0 Å². The zero-order chi connectivity index (χ0) is 22.1. The molecule has 3 aromatic rings. The molecule has 160 valence electrons. The molecule has 1 aromatic heterocycles. The third kappa shape index (κ3) is 3.61. The number of para-hydroxylation sites is 1. The van der Waals surface area contributed by atoms with Crippen LogP contribution in [-0.4, -0.2) is 35.3 Å². The molecule has 0 radical (unpaired) electrons. The van der Waals surface area contributed by atoms with E-state index in [0.29, 0.717) is 22.1 Å². The highest BCUT2D eigenvalue weighted by atomic mass is 32.2. The summed E-state index contributed by atoms with van der Waals surface area (Å²) < 4.78 is 1.68. The van der Waals surface area contributed by atoms with Crippen molar-refractivity contribution < 1.29 is 9.48 Å². The Balaban J connectivity index is 1.96. The van der Waals surface area contributed by atoms with Crippen LogP contribution in [0.5, 0.6) is 0 Å². The van der Waals surface area contributed by atoms with Crippen molar-refractivity contribution in [1.82, 2.24) is 10.1 Å². The molecule has 0 saturated heterocycles. The molecule has 0 saturated carbocycles. The molecule has 1 aliphatic rings. The van der Waals surface area contributed by atoms with E-state index in [9.17, 15) is 9.59 Å². The van der Waals surface area contributed by atoms with Gasteiger partial charge in [-0.2, -0.15) is 0 Å². The number of benzene rings is 2. The van der Waals surface area contributed by atoms with Crippen molar-refractivity contribution in [3.05, 3.63) is 64.4 Å². The first kappa shape index (κ1) is 21.1. The summed E-state index contributed by atoms with van der Waals surface area (Å²) in [6.07, 6.45) is 1.31. The molecule has 1 atom stereocenters. The van der Waals surface area contributed by atoms with Gasteiger partial charge in [-0.1, -0.05) is 23.9 Å². The second-order valence-corrected chi connectivity index (χ2v) is 8.10. The monoisotopic (exact) mass is 436 g/mol. The summed E-state index contributed by atoms with van der Waals surface area (Å²) in [6.45, 7) is 7.62. The fourth-order valence-electron chi connectivity index (χ4n) is 4.15. The van der Waals surface area contributed by atoms with Crippen molar-refractivity contribution in [3.63, 3.8) is 0 Å². The highest BCUT2D eigenvalue weighted by Gasteiger charge is 2.44. The van der Waals surface area contributed by atoms with Crippen LogP contribution in [0.1, 0.15) is 32.5 Å².